The number of carbonyl (C=O) groups is 1. The predicted molar refractivity (Wildman–Crippen MR) is 123 cm³/mol. The maximum absolute atomic E-state index is 13.0. The van der Waals surface area contributed by atoms with Crippen LogP contribution in [0, 0.1) is 6.92 Å². The summed E-state index contributed by atoms with van der Waals surface area (Å²) in [5, 5.41) is 2.58. The smallest absolute Gasteiger partial charge is 0.416 e. The number of amides is 1. The Kier molecular flexibility index (Phi) is 7.12. The van der Waals surface area contributed by atoms with Gasteiger partial charge in [0.05, 0.1) is 5.56 Å². The number of anilines is 3. The second kappa shape index (κ2) is 10.1. The first-order valence-corrected chi connectivity index (χ1v) is 12.2. The van der Waals surface area contributed by atoms with Crippen molar-refractivity contribution in [3.05, 3.63) is 59.7 Å². The maximum atomic E-state index is 13.0. The number of halogens is 3. The molecular weight excluding hydrogens is 503 g/mol. The molecule has 11 nitrogen and oxygen atoms in total. The molecule has 0 aliphatic carbocycles. The summed E-state index contributed by atoms with van der Waals surface area (Å²) in [4.78, 5) is 26.6. The van der Waals surface area contributed by atoms with Crippen molar-refractivity contribution in [3.8, 4) is 0 Å². The molecule has 1 fully saturated rings. The molecule has 3 heterocycles. The molecule has 2 N–H and O–H groups in total. The van der Waals surface area contributed by atoms with Gasteiger partial charge in [-0.15, -0.1) is 0 Å². The molecule has 36 heavy (non-hydrogen) atoms. The molecule has 0 radical (unpaired) electrons. The number of aromatic nitrogens is 3. The van der Waals surface area contributed by atoms with E-state index in [9.17, 15) is 26.4 Å². The van der Waals surface area contributed by atoms with E-state index < -0.39 is 27.9 Å². The molecule has 0 saturated carbocycles. The van der Waals surface area contributed by atoms with Crippen LogP contribution >= 0.6 is 0 Å². The van der Waals surface area contributed by atoms with Gasteiger partial charge >= 0.3 is 16.4 Å². The number of benzene rings is 1. The second-order valence-corrected chi connectivity index (χ2v) is 9.59. The fourth-order valence-electron chi connectivity index (χ4n) is 3.51. The van der Waals surface area contributed by atoms with Gasteiger partial charge in [0.15, 0.2) is 5.69 Å². The van der Waals surface area contributed by atoms with Crippen LogP contribution in [0.2, 0.25) is 0 Å². The minimum atomic E-state index is -4.54. The third-order valence-corrected chi connectivity index (χ3v) is 6.88. The summed E-state index contributed by atoms with van der Waals surface area (Å²) >= 11 is 0. The van der Waals surface area contributed by atoms with Crippen LogP contribution < -0.4 is 14.9 Å². The van der Waals surface area contributed by atoms with E-state index in [2.05, 4.69) is 20.3 Å². The van der Waals surface area contributed by atoms with E-state index in [1.807, 2.05) is 9.62 Å². The van der Waals surface area contributed by atoms with Gasteiger partial charge in [-0.25, -0.2) is 14.7 Å². The Labute approximate surface area is 204 Å². The van der Waals surface area contributed by atoms with Crippen LogP contribution in [0.3, 0.4) is 0 Å². The molecule has 192 valence electrons. The molecule has 0 spiro atoms. The standard InChI is InChI=1S/C21H22F3N7O4S/c1-14-4-5-15(21(22,23)24)12-16(14)27-20-28-17(13-35-20)18(32)29-36(33,34)31-9-3-8-30(10-11-31)19-25-6-2-7-26-19/h2,4-7,12-13H,3,8-11H2,1H3,(H,27,28)(H,29,32). The van der Waals surface area contributed by atoms with Crippen LogP contribution in [-0.4, -0.2) is 59.8 Å². The average Bonchev–Trinajstić information content (AvgIpc) is 3.14. The molecule has 1 amide bonds. The SMILES string of the molecule is Cc1ccc(C(F)(F)F)cc1Nc1nc(C(=O)NS(=O)(=O)N2CCCN(c3ncccn3)CC2)co1. The summed E-state index contributed by atoms with van der Waals surface area (Å²) in [7, 11) is -4.20. The number of carbonyl (C=O) groups excluding carboxylic acids is 1. The first-order chi connectivity index (χ1) is 17.0. The normalized spacial score (nSPS) is 15.4. The molecule has 1 saturated heterocycles. The predicted octanol–water partition coefficient (Wildman–Crippen LogP) is 2.72. The van der Waals surface area contributed by atoms with Crippen molar-refractivity contribution in [2.45, 2.75) is 19.5 Å². The number of hydrogen-bond acceptors (Lipinski definition) is 9. The average molecular weight is 526 g/mol. The van der Waals surface area contributed by atoms with Gasteiger partial charge in [-0.05, 0) is 37.1 Å². The van der Waals surface area contributed by atoms with E-state index in [0.29, 0.717) is 31.0 Å². The summed E-state index contributed by atoms with van der Waals surface area (Å²) < 4.78 is 72.8. The summed E-state index contributed by atoms with van der Waals surface area (Å²) in [6, 6.07) is 4.51. The first-order valence-electron chi connectivity index (χ1n) is 10.8. The van der Waals surface area contributed by atoms with E-state index in [4.69, 9.17) is 4.42 Å². The molecule has 4 rings (SSSR count). The van der Waals surface area contributed by atoms with Crippen molar-refractivity contribution in [2.24, 2.45) is 0 Å². The fourth-order valence-corrected chi connectivity index (χ4v) is 4.67. The van der Waals surface area contributed by atoms with E-state index in [-0.39, 0.29) is 30.5 Å². The van der Waals surface area contributed by atoms with Gasteiger partial charge in [0.25, 0.3) is 11.9 Å². The van der Waals surface area contributed by atoms with E-state index >= 15 is 0 Å². The number of aryl methyl sites for hydroxylation is 1. The highest BCUT2D eigenvalue weighted by Gasteiger charge is 2.31. The zero-order valence-corrected chi connectivity index (χ0v) is 19.8. The lowest BCUT2D eigenvalue weighted by molar-refractivity contribution is -0.137. The zero-order chi connectivity index (χ0) is 25.9. The molecule has 0 unspecified atom stereocenters. The first kappa shape index (κ1) is 25.4. The Morgan fingerprint density at radius 3 is 2.58 bits per heavy atom. The molecule has 2 aromatic heterocycles. The third-order valence-electron chi connectivity index (χ3n) is 5.39. The largest absolute Gasteiger partial charge is 0.431 e. The van der Waals surface area contributed by atoms with Crippen molar-refractivity contribution in [1.29, 1.82) is 0 Å². The lowest BCUT2D eigenvalue weighted by Gasteiger charge is -2.21. The third kappa shape index (κ3) is 5.91. The monoisotopic (exact) mass is 525 g/mol. The molecule has 1 aromatic carbocycles. The van der Waals surface area contributed by atoms with Crippen LogP contribution in [0.25, 0.3) is 0 Å². The topological polar surface area (TPSA) is 134 Å². The number of nitrogens with zero attached hydrogens (tertiary/aromatic N) is 5. The number of alkyl halides is 3. The van der Waals surface area contributed by atoms with E-state index in [1.54, 1.807) is 25.4 Å². The van der Waals surface area contributed by atoms with Crippen LogP contribution in [0.15, 0.2) is 47.3 Å². The molecule has 1 aliphatic heterocycles. The molecule has 0 bridgehead atoms. The highest BCUT2D eigenvalue weighted by atomic mass is 32.2. The lowest BCUT2D eigenvalue weighted by Crippen LogP contribution is -2.45. The highest BCUT2D eigenvalue weighted by Crippen LogP contribution is 2.33. The maximum Gasteiger partial charge on any atom is 0.416 e. The van der Waals surface area contributed by atoms with Gasteiger partial charge in [-0.3, -0.25) is 4.79 Å². The Balaban J connectivity index is 1.40. The Bertz CT molecular complexity index is 1330. The summed E-state index contributed by atoms with van der Waals surface area (Å²) in [6.07, 6.45) is 0.0437. The van der Waals surface area contributed by atoms with Crippen LogP contribution in [0.1, 0.15) is 28.0 Å². The lowest BCUT2D eigenvalue weighted by atomic mass is 10.1. The summed E-state index contributed by atoms with van der Waals surface area (Å²) in [5.74, 6) is -0.556. The molecule has 1 aliphatic rings. The molecular formula is C21H22F3N7O4S. The van der Waals surface area contributed by atoms with Gasteiger partial charge in [0.1, 0.15) is 6.26 Å². The van der Waals surface area contributed by atoms with Crippen LogP contribution in [0.5, 0.6) is 0 Å². The van der Waals surface area contributed by atoms with Crippen molar-refractivity contribution in [3.63, 3.8) is 0 Å². The number of rotatable bonds is 6. The van der Waals surface area contributed by atoms with Crippen molar-refractivity contribution < 1.29 is 30.8 Å². The zero-order valence-electron chi connectivity index (χ0n) is 19.0. The number of nitrogens with one attached hydrogen (secondary N) is 2. The van der Waals surface area contributed by atoms with Crippen molar-refractivity contribution >= 4 is 33.8 Å². The van der Waals surface area contributed by atoms with E-state index in [1.165, 1.54) is 6.07 Å². The molecule has 15 heteroatoms. The fraction of sp³-hybridized carbons (Fsp3) is 0.333. The van der Waals surface area contributed by atoms with Gasteiger partial charge in [-0.2, -0.15) is 30.9 Å². The quantitative estimate of drug-likeness (QED) is 0.498. The summed E-state index contributed by atoms with van der Waals surface area (Å²) in [5.41, 5.74) is -0.686. The highest BCUT2D eigenvalue weighted by molar-refractivity contribution is 7.87. The Hall–Kier alpha value is -3.72. The van der Waals surface area contributed by atoms with Crippen molar-refractivity contribution in [1.82, 2.24) is 24.0 Å². The molecule has 0 atom stereocenters. The summed E-state index contributed by atoms with van der Waals surface area (Å²) in [6.45, 7) is 2.72. The van der Waals surface area contributed by atoms with Gasteiger partial charge in [-0.1, -0.05) is 6.07 Å². The molecule has 3 aromatic rings. The number of oxazole rings is 1. The van der Waals surface area contributed by atoms with E-state index in [0.717, 1.165) is 22.7 Å². The Morgan fingerprint density at radius 2 is 1.86 bits per heavy atom. The minimum Gasteiger partial charge on any atom is -0.431 e. The van der Waals surface area contributed by atoms with Crippen LogP contribution in [0.4, 0.5) is 30.8 Å². The van der Waals surface area contributed by atoms with Gasteiger partial charge in [0, 0.05) is 44.3 Å². The van der Waals surface area contributed by atoms with Crippen LogP contribution in [-0.2, 0) is 16.4 Å². The van der Waals surface area contributed by atoms with Crippen molar-refractivity contribution in [2.75, 3.05) is 36.4 Å². The van der Waals surface area contributed by atoms with Gasteiger partial charge in [0.2, 0.25) is 5.95 Å². The Morgan fingerprint density at radius 1 is 1.11 bits per heavy atom. The minimum absolute atomic E-state index is 0.0720. The van der Waals surface area contributed by atoms with Gasteiger partial charge < -0.3 is 14.6 Å². The second-order valence-electron chi connectivity index (χ2n) is 7.92. The number of hydrogen-bond donors (Lipinski definition) is 2.